The number of carbonyl (C=O) groups excluding carboxylic acids is 1. The van der Waals surface area contributed by atoms with Crippen LogP contribution in [-0.2, 0) is 10.3 Å². The Morgan fingerprint density at radius 2 is 1.89 bits per heavy atom. The summed E-state index contributed by atoms with van der Waals surface area (Å²) in [7, 11) is 0. The first-order chi connectivity index (χ1) is 8.41. The number of hydrogen-bond acceptors (Lipinski definition) is 2. The maximum Gasteiger partial charge on any atom is 0.242 e. The third kappa shape index (κ3) is 2.72. The van der Waals surface area contributed by atoms with Crippen LogP contribution in [0.1, 0.15) is 36.5 Å². The van der Waals surface area contributed by atoms with E-state index in [4.69, 9.17) is 5.73 Å². The van der Waals surface area contributed by atoms with Crippen molar-refractivity contribution in [3.8, 4) is 0 Å². The van der Waals surface area contributed by atoms with E-state index in [1.165, 1.54) is 12.8 Å². The first kappa shape index (κ1) is 13.1. The Labute approximate surface area is 109 Å². The first-order valence-corrected chi connectivity index (χ1v) is 6.55. The third-order valence-corrected chi connectivity index (χ3v) is 3.73. The lowest BCUT2D eigenvalue weighted by molar-refractivity contribution is -0.124. The average Bonchev–Trinajstić information content (AvgIpc) is 3.07. The van der Waals surface area contributed by atoms with Crippen molar-refractivity contribution in [1.82, 2.24) is 5.32 Å². The number of amides is 1. The van der Waals surface area contributed by atoms with E-state index in [2.05, 4.69) is 11.4 Å². The average molecular weight is 246 g/mol. The van der Waals surface area contributed by atoms with Gasteiger partial charge in [-0.25, -0.2) is 0 Å². The van der Waals surface area contributed by atoms with Gasteiger partial charge in [0.05, 0.1) is 0 Å². The fourth-order valence-electron chi connectivity index (χ4n) is 2.27. The summed E-state index contributed by atoms with van der Waals surface area (Å²) in [6.07, 6.45) is 2.52. The van der Waals surface area contributed by atoms with Gasteiger partial charge < -0.3 is 5.73 Å². The van der Waals surface area contributed by atoms with Crippen LogP contribution in [0.3, 0.4) is 0 Å². The van der Waals surface area contributed by atoms with Crippen LogP contribution in [0.25, 0.3) is 0 Å². The molecule has 0 heterocycles. The lowest BCUT2D eigenvalue weighted by Gasteiger charge is -2.29. The SMILES string of the molecule is Cc1cc(C)cc(C(C)(NCC2CC2)C(N)=O)c1. The van der Waals surface area contributed by atoms with E-state index in [1.54, 1.807) is 0 Å². The molecule has 1 atom stereocenters. The van der Waals surface area contributed by atoms with Gasteiger partial charge in [0.2, 0.25) is 5.91 Å². The highest BCUT2D eigenvalue weighted by molar-refractivity contribution is 5.85. The summed E-state index contributed by atoms with van der Waals surface area (Å²) < 4.78 is 0. The van der Waals surface area contributed by atoms with Crippen LogP contribution in [0.2, 0.25) is 0 Å². The zero-order chi connectivity index (χ0) is 13.3. The third-order valence-electron chi connectivity index (χ3n) is 3.73. The minimum atomic E-state index is -0.765. The van der Waals surface area contributed by atoms with Crippen molar-refractivity contribution >= 4 is 5.91 Å². The van der Waals surface area contributed by atoms with E-state index in [0.29, 0.717) is 0 Å². The molecule has 98 valence electrons. The van der Waals surface area contributed by atoms with Crippen LogP contribution in [0, 0.1) is 19.8 Å². The lowest BCUT2D eigenvalue weighted by Crippen LogP contribution is -2.51. The molecule has 0 spiro atoms. The molecule has 1 aliphatic rings. The van der Waals surface area contributed by atoms with E-state index in [9.17, 15) is 4.79 Å². The predicted molar refractivity (Wildman–Crippen MR) is 73.2 cm³/mol. The van der Waals surface area contributed by atoms with Gasteiger partial charge in [-0.3, -0.25) is 10.1 Å². The van der Waals surface area contributed by atoms with Crippen molar-refractivity contribution in [1.29, 1.82) is 0 Å². The highest BCUT2D eigenvalue weighted by atomic mass is 16.1. The number of hydrogen-bond donors (Lipinski definition) is 2. The number of rotatable bonds is 5. The maximum absolute atomic E-state index is 11.8. The summed E-state index contributed by atoms with van der Waals surface area (Å²) in [6.45, 7) is 6.83. The topological polar surface area (TPSA) is 55.1 Å². The van der Waals surface area contributed by atoms with Crippen molar-refractivity contribution < 1.29 is 4.79 Å². The molecule has 0 aliphatic heterocycles. The normalized spacial score (nSPS) is 18.4. The van der Waals surface area contributed by atoms with E-state index < -0.39 is 5.54 Å². The second-order valence-electron chi connectivity index (χ2n) is 5.69. The van der Waals surface area contributed by atoms with Crippen LogP contribution in [-0.4, -0.2) is 12.5 Å². The Bertz CT molecular complexity index is 445. The van der Waals surface area contributed by atoms with E-state index in [0.717, 1.165) is 29.2 Å². The van der Waals surface area contributed by atoms with Crippen LogP contribution in [0.15, 0.2) is 18.2 Å². The van der Waals surface area contributed by atoms with Gasteiger partial charge in [0.1, 0.15) is 5.54 Å². The van der Waals surface area contributed by atoms with Gasteiger partial charge in [-0.15, -0.1) is 0 Å². The smallest absolute Gasteiger partial charge is 0.242 e. The fourth-order valence-corrected chi connectivity index (χ4v) is 2.27. The molecule has 1 saturated carbocycles. The number of benzene rings is 1. The molecule has 1 aromatic rings. The molecular weight excluding hydrogens is 224 g/mol. The van der Waals surface area contributed by atoms with Gasteiger partial charge in [-0.2, -0.15) is 0 Å². The largest absolute Gasteiger partial charge is 0.368 e. The molecule has 18 heavy (non-hydrogen) atoms. The molecule has 1 aliphatic carbocycles. The molecule has 3 N–H and O–H groups in total. The van der Waals surface area contributed by atoms with E-state index in [-0.39, 0.29) is 5.91 Å². The summed E-state index contributed by atoms with van der Waals surface area (Å²) >= 11 is 0. The van der Waals surface area contributed by atoms with Gasteiger partial charge in [0.25, 0.3) is 0 Å². The molecular formula is C15H22N2O. The molecule has 0 saturated heterocycles. The van der Waals surface area contributed by atoms with E-state index in [1.807, 2.05) is 32.9 Å². The first-order valence-electron chi connectivity index (χ1n) is 6.55. The van der Waals surface area contributed by atoms with Crippen molar-refractivity contribution in [2.24, 2.45) is 11.7 Å². The quantitative estimate of drug-likeness (QED) is 0.835. The maximum atomic E-state index is 11.8. The molecule has 0 aromatic heterocycles. The Morgan fingerprint density at radius 1 is 1.33 bits per heavy atom. The van der Waals surface area contributed by atoms with Crippen molar-refractivity contribution in [2.45, 2.75) is 39.2 Å². The molecule has 0 radical (unpaired) electrons. The molecule has 1 unspecified atom stereocenters. The molecule has 1 aromatic carbocycles. The van der Waals surface area contributed by atoms with E-state index >= 15 is 0 Å². The highest BCUT2D eigenvalue weighted by Crippen LogP contribution is 2.30. The minimum Gasteiger partial charge on any atom is -0.368 e. The monoisotopic (exact) mass is 246 g/mol. The molecule has 2 rings (SSSR count). The Kier molecular flexibility index (Phi) is 3.44. The molecule has 3 nitrogen and oxygen atoms in total. The van der Waals surface area contributed by atoms with Crippen LogP contribution in [0.5, 0.6) is 0 Å². The molecule has 1 amide bonds. The summed E-state index contributed by atoms with van der Waals surface area (Å²) in [6, 6.07) is 6.18. The number of primary amides is 1. The Morgan fingerprint density at radius 3 is 2.33 bits per heavy atom. The van der Waals surface area contributed by atoms with Gasteiger partial charge in [0.15, 0.2) is 0 Å². The molecule has 3 heteroatoms. The standard InChI is InChI=1S/C15H22N2O/c1-10-6-11(2)8-13(7-10)15(3,14(16)18)17-9-12-4-5-12/h6-8,12,17H,4-5,9H2,1-3H3,(H2,16,18). The summed E-state index contributed by atoms with van der Waals surface area (Å²) in [5.41, 5.74) is 8.13. The lowest BCUT2D eigenvalue weighted by atomic mass is 9.88. The zero-order valence-corrected chi connectivity index (χ0v) is 11.4. The predicted octanol–water partition coefficient (Wildman–Crippen LogP) is 2.00. The Balaban J connectivity index is 2.28. The summed E-state index contributed by atoms with van der Waals surface area (Å²) in [5, 5.41) is 3.35. The highest BCUT2D eigenvalue weighted by Gasteiger charge is 2.35. The van der Waals surface area contributed by atoms with Gasteiger partial charge in [-0.05, 0) is 51.6 Å². The summed E-state index contributed by atoms with van der Waals surface area (Å²) in [4.78, 5) is 11.8. The number of nitrogens with two attached hydrogens (primary N) is 1. The second-order valence-corrected chi connectivity index (χ2v) is 5.69. The fraction of sp³-hybridized carbons (Fsp3) is 0.533. The van der Waals surface area contributed by atoms with Crippen LogP contribution < -0.4 is 11.1 Å². The number of nitrogens with one attached hydrogen (secondary N) is 1. The minimum absolute atomic E-state index is 0.312. The Hall–Kier alpha value is -1.35. The van der Waals surface area contributed by atoms with Crippen molar-refractivity contribution in [3.05, 3.63) is 34.9 Å². The second kappa shape index (κ2) is 4.73. The van der Waals surface area contributed by atoms with Crippen molar-refractivity contribution in [3.63, 3.8) is 0 Å². The van der Waals surface area contributed by atoms with Crippen LogP contribution >= 0.6 is 0 Å². The summed E-state index contributed by atoms with van der Waals surface area (Å²) in [5.74, 6) is 0.405. The van der Waals surface area contributed by atoms with Gasteiger partial charge in [0, 0.05) is 0 Å². The van der Waals surface area contributed by atoms with Gasteiger partial charge in [-0.1, -0.05) is 29.3 Å². The molecule has 0 bridgehead atoms. The van der Waals surface area contributed by atoms with Crippen LogP contribution in [0.4, 0.5) is 0 Å². The number of aryl methyl sites for hydroxylation is 2. The van der Waals surface area contributed by atoms with Gasteiger partial charge >= 0.3 is 0 Å². The molecule has 1 fully saturated rings. The zero-order valence-electron chi connectivity index (χ0n) is 11.4. The number of carbonyl (C=O) groups is 1. The van der Waals surface area contributed by atoms with Crippen molar-refractivity contribution in [2.75, 3.05) is 6.54 Å².